The summed E-state index contributed by atoms with van der Waals surface area (Å²) in [6, 6.07) is 0. The smallest absolute Gasteiger partial charge is 0.333 e. The molecule has 0 aliphatic rings. The number of hydrogen-bond acceptors (Lipinski definition) is 3. The summed E-state index contributed by atoms with van der Waals surface area (Å²) >= 11 is 8.82. The van der Waals surface area contributed by atoms with Crippen molar-refractivity contribution in [2.24, 2.45) is 0 Å². The molecule has 0 bridgehead atoms. The molecule has 0 radical (unpaired) electrons. The maximum atomic E-state index is 10.4. The van der Waals surface area contributed by atoms with Gasteiger partial charge < -0.3 is 9.64 Å². The zero-order chi connectivity index (χ0) is 13.1. The van der Waals surface area contributed by atoms with Crippen molar-refractivity contribution >= 4 is 35.1 Å². The molecule has 0 spiro atoms. The van der Waals surface area contributed by atoms with Crippen molar-refractivity contribution in [1.82, 2.24) is 4.90 Å². The normalized spacial score (nSPS) is 8.56. The number of hydrogen-bond donors (Lipinski definition) is 1. The van der Waals surface area contributed by atoms with Gasteiger partial charge in [0, 0.05) is 18.7 Å². The minimum Gasteiger partial charge on any atom is -0.463 e. The molecule has 0 aliphatic heterocycles. The Morgan fingerprint density at radius 2 is 1.81 bits per heavy atom. The fourth-order valence-electron chi connectivity index (χ4n) is 0.748. The van der Waals surface area contributed by atoms with Crippen LogP contribution in [0, 0.1) is 0 Å². The second kappa shape index (κ2) is 11.0. The van der Waals surface area contributed by atoms with E-state index in [9.17, 15) is 4.79 Å². The van der Waals surface area contributed by atoms with Gasteiger partial charge in [0.2, 0.25) is 0 Å². The van der Waals surface area contributed by atoms with Crippen molar-refractivity contribution in [3.63, 3.8) is 0 Å². The number of thiol groups is 1. The molecular formula is C11H21NO2S2. The zero-order valence-electron chi connectivity index (χ0n) is 10.4. The van der Waals surface area contributed by atoms with E-state index in [1.165, 1.54) is 0 Å². The first-order chi connectivity index (χ1) is 7.40. The summed E-state index contributed by atoms with van der Waals surface area (Å²) in [5, 5.41) is 0. The molecule has 16 heavy (non-hydrogen) atoms. The summed E-state index contributed by atoms with van der Waals surface area (Å²) < 4.78 is 5.25. The molecule has 0 unspecified atom stereocenters. The van der Waals surface area contributed by atoms with Crippen molar-refractivity contribution in [3.8, 4) is 0 Å². The molecule has 0 N–H and O–H groups in total. The van der Waals surface area contributed by atoms with Gasteiger partial charge >= 0.3 is 5.97 Å². The summed E-state index contributed by atoms with van der Waals surface area (Å²) in [5.41, 5.74) is 0.451. The van der Waals surface area contributed by atoms with Crippen LogP contribution >= 0.6 is 24.8 Å². The van der Waals surface area contributed by atoms with Gasteiger partial charge in [-0.2, -0.15) is 0 Å². The largest absolute Gasteiger partial charge is 0.463 e. The summed E-state index contributed by atoms with van der Waals surface area (Å²) in [7, 11) is 0. The van der Waals surface area contributed by atoms with Crippen LogP contribution in [0.5, 0.6) is 0 Å². The van der Waals surface area contributed by atoms with Crippen LogP contribution in [0.25, 0.3) is 0 Å². The Morgan fingerprint density at radius 1 is 1.38 bits per heavy atom. The van der Waals surface area contributed by atoms with Gasteiger partial charge in [0.1, 0.15) is 4.32 Å². The lowest BCUT2D eigenvalue weighted by atomic mass is 10.4. The average molecular weight is 263 g/mol. The van der Waals surface area contributed by atoms with Gasteiger partial charge in [-0.25, -0.2) is 4.79 Å². The van der Waals surface area contributed by atoms with Gasteiger partial charge in [0.05, 0.1) is 6.61 Å². The van der Waals surface area contributed by atoms with E-state index in [4.69, 9.17) is 12.2 Å². The van der Waals surface area contributed by atoms with Crippen LogP contribution in [0.15, 0.2) is 12.2 Å². The van der Waals surface area contributed by atoms with E-state index in [-0.39, 0.29) is 5.97 Å². The molecule has 0 aromatic carbocycles. The highest BCUT2D eigenvalue weighted by Gasteiger charge is 1.98. The molecule has 0 aliphatic carbocycles. The lowest BCUT2D eigenvalue weighted by Gasteiger charge is -2.16. The van der Waals surface area contributed by atoms with Gasteiger partial charge in [-0.3, -0.25) is 0 Å². The number of thiocarbonyl (C=S) groups is 1. The summed E-state index contributed by atoms with van der Waals surface area (Å²) in [6.45, 7) is 13.2. The van der Waals surface area contributed by atoms with Crippen LogP contribution < -0.4 is 0 Å². The Morgan fingerprint density at radius 3 is 1.88 bits per heavy atom. The molecule has 0 amide bonds. The molecule has 3 nitrogen and oxygen atoms in total. The Labute approximate surface area is 109 Å². The predicted octanol–water partition coefficient (Wildman–Crippen LogP) is 2.67. The molecular weight excluding hydrogens is 242 g/mol. The Balaban J connectivity index is 0. The standard InChI is InChI=1S/C6H10O2.C5H11NS2/c1-4-8-6(7)5(2)3;1-3-6(4-2)5(7)8/h2,4H2,1,3H3;3-4H2,1-2H3,(H,7,8). The monoisotopic (exact) mass is 263 g/mol. The van der Waals surface area contributed by atoms with Crippen molar-refractivity contribution < 1.29 is 9.53 Å². The highest BCUT2D eigenvalue weighted by Crippen LogP contribution is 1.93. The number of ether oxygens (including phenoxy) is 1. The fourth-order valence-corrected chi connectivity index (χ4v) is 1.29. The second-order valence-corrected chi connectivity index (χ2v) is 4.07. The SMILES string of the molecule is C=C(C)C(=O)OCC.CCN(CC)C(=S)S. The van der Waals surface area contributed by atoms with Gasteiger partial charge in [-0.1, -0.05) is 18.8 Å². The van der Waals surface area contributed by atoms with Crippen molar-refractivity contribution in [2.75, 3.05) is 19.7 Å². The van der Waals surface area contributed by atoms with Gasteiger partial charge in [-0.05, 0) is 27.7 Å². The summed E-state index contributed by atoms with van der Waals surface area (Å²) in [5.74, 6) is -0.312. The van der Waals surface area contributed by atoms with E-state index in [2.05, 4.69) is 37.8 Å². The van der Waals surface area contributed by atoms with Gasteiger partial charge in [-0.15, -0.1) is 12.6 Å². The number of nitrogens with zero attached hydrogens (tertiary/aromatic N) is 1. The first-order valence-electron chi connectivity index (χ1n) is 5.21. The lowest BCUT2D eigenvalue weighted by molar-refractivity contribution is -0.138. The quantitative estimate of drug-likeness (QED) is 0.365. The topological polar surface area (TPSA) is 29.5 Å². The van der Waals surface area contributed by atoms with Gasteiger partial charge in [0.15, 0.2) is 0 Å². The zero-order valence-corrected chi connectivity index (χ0v) is 12.2. The van der Waals surface area contributed by atoms with Crippen LogP contribution in [0.1, 0.15) is 27.7 Å². The van der Waals surface area contributed by atoms with Crippen molar-refractivity contribution in [3.05, 3.63) is 12.2 Å². The summed E-state index contributed by atoms with van der Waals surface area (Å²) in [4.78, 5) is 12.4. The molecule has 94 valence electrons. The molecule has 0 saturated heterocycles. The van der Waals surface area contributed by atoms with E-state index in [0.29, 0.717) is 16.5 Å². The van der Waals surface area contributed by atoms with E-state index >= 15 is 0 Å². The average Bonchev–Trinajstić information content (AvgIpc) is 2.20. The minimum atomic E-state index is -0.312. The number of carbonyl (C=O) groups excluding carboxylic acids is 1. The first kappa shape index (κ1) is 17.8. The predicted molar refractivity (Wildman–Crippen MR) is 76.0 cm³/mol. The molecule has 0 atom stereocenters. The van der Waals surface area contributed by atoms with Crippen LogP contribution in [0.3, 0.4) is 0 Å². The van der Waals surface area contributed by atoms with E-state index in [1.807, 2.05) is 4.90 Å². The third-order valence-electron chi connectivity index (χ3n) is 1.66. The van der Waals surface area contributed by atoms with E-state index < -0.39 is 0 Å². The summed E-state index contributed by atoms with van der Waals surface area (Å²) in [6.07, 6.45) is 0. The van der Waals surface area contributed by atoms with Crippen molar-refractivity contribution in [1.29, 1.82) is 0 Å². The molecule has 0 aromatic rings. The Hall–Kier alpha value is -0.550. The number of esters is 1. The molecule has 5 heteroatoms. The first-order valence-corrected chi connectivity index (χ1v) is 6.06. The Kier molecular flexibility index (Phi) is 12.2. The molecule has 0 heterocycles. The molecule has 0 fully saturated rings. The third-order valence-corrected chi connectivity index (χ3v) is 2.20. The molecule has 0 rings (SSSR count). The molecule has 0 saturated carbocycles. The van der Waals surface area contributed by atoms with E-state index in [1.54, 1.807) is 13.8 Å². The van der Waals surface area contributed by atoms with Crippen LogP contribution in [0.4, 0.5) is 0 Å². The van der Waals surface area contributed by atoms with Crippen LogP contribution in [0.2, 0.25) is 0 Å². The number of rotatable bonds is 4. The molecule has 0 aromatic heterocycles. The van der Waals surface area contributed by atoms with Crippen LogP contribution in [-0.4, -0.2) is 34.9 Å². The third kappa shape index (κ3) is 9.98. The second-order valence-electron chi connectivity index (χ2n) is 2.96. The van der Waals surface area contributed by atoms with Gasteiger partial charge in [0.25, 0.3) is 0 Å². The van der Waals surface area contributed by atoms with Crippen LogP contribution in [-0.2, 0) is 9.53 Å². The maximum Gasteiger partial charge on any atom is 0.333 e. The highest BCUT2D eigenvalue weighted by molar-refractivity contribution is 8.10. The lowest BCUT2D eigenvalue weighted by Crippen LogP contribution is -2.24. The fraction of sp³-hybridized carbons (Fsp3) is 0.636. The minimum absolute atomic E-state index is 0.312. The number of carbonyl (C=O) groups is 1. The maximum absolute atomic E-state index is 10.4. The Bertz CT molecular complexity index is 238. The van der Waals surface area contributed by atoms with E-state index in [0.717, 1.165) is 13.1 Å². The van der Waals surface area contributed by atoms with Crippen molar-refractivity contribution in [2.45, 2.75) is 27.7 Å². The highest BCUT2D eigenvalue weighted by atomic mass is 32.1.